The van der Waals surface area contributed by atoms with Crippen LogP contribution in [-0.2, 0) is 0 Å². The molecule has 0 saturated carbocycles. The summed E-state index contributed by atoms with van der Waals surface area (Å²) < 4.78 is 12.1. The van der Waals surface area contributed by atoms with Crippen molar-refractivity contribution in [2.75, 3.05) is 0 Å². The van der Waals surface area contributed by atoms with E-state index < -0.39 is 10.8 Å². The van der Waals surface area contributed by atoms with Crippen LogP contribution in [0.4, 0.5) is 5.69 Å². The highest BCUT2D eigenvalue weighted by Crippen LogP contribution is 2.25. The summed E-state index contributed by atoms with van der Waals surface area (Å²) in [6.07, 6.45) is 1.37. The van der Waals surface area contributed by atoms with Gasteiger partial charge in [0.2, 0.25) is 0 Å². The number of amides is 1. The first kappa shape index (κ1) is 18.6. The molecule has 1 amide bonds. The number of carbonyl (C=O) groups is 1. The van der Waals surface area contributed by atoms with Crippen molar-refractivity contribution in [2.45, 2.75) is 0 Å². The molecule has 0 aliphatic heterocycles. The lowest BCUT2D eigenvalue weighted by Crippen LogP contribution is -2.16. The minimum absolute atomic E-state index is 0.00681. The molecule has 2 heterocycles. The predicted octanol–water partition coefficient (Wildman–Crippen LogP) is 5.13. The smallest absolute Gasteiger partial charge is 0.307 e. The van der Waals surface area contributed by atoms with Crippen molar-refractivity contribution < 1.29 is 18.6 Å². The molecule has 0 aliphatic carbocycles. The van der Waals surface area contributed by atoms with Gasteiger partial charge in [0.1, 0.15) is 17.1 Å². The van der Waals surface area contributed by atoms with Gasteiger partial charge in [-0.15, -0.1) is 0 Å². The maximum atomic E-state index is 12.2. The number of non-ortho nitro benzene ring substituents is 1. The number of carbonyl (C=O) groups excluding carboxylic acids is 1. The monoisotopic (exact) mass is 453 g/mol. The van der Waals surface area contributed by atoms with Crippen LogP contribution in [0.1, 0.15) is 16.3 Å². The fourth-order valence-corrected chi connectivity index (χ4v) is 2.92. The van der Waals surface area contributed by atoms with Crippen molar-refractivity contribution in [1.29, 1.82) is 0 Å². The zero-order valence-corrected chi connectivity index (χ0v) is 16.3. The Labute approximate surface area is 172 Å². The van der Waals surface area contributed by atoms with Gasteiger partial charge >= 0.3 is 5.91 Å². The quantitative estimate of drug-likeness (QED) is 0.255. The fourth-order valence-electron chi connectivity index (χ4n) is 2.66. The number of nitro benzene ring substituents is 1. The number of benzene rings is 2. The summed E-state index contributed by atoms with van der Waals surface area (Å²) in [4.78, 5) is 22.5. The van der Waals surface area contributed by atoms with E-state index in [9.17, 15) is 14.9 Å². The predicted molar refractivity (Wildman–Crippen MR) is 110 cm³/mol. The third-order valence-corrected chi connectivity index (χ3v) is 4.58. The Morgan fingerprint density at radius 1 is 1.07 bits per heavy atom. The Balaban J connectivity index is 1.44. The van der Waals surface area contributed by atoms with Crippen LogP contribution < -0.4 is 5.43 Å². The molecule has 4 aromatic rings. The third-order valence-electron chi connectivity index (χ3n) is 4.05. The van der Waals surface area contributed by atoms with E-state index in [4.69, 9.17) is 8.83 Å². The van der Waals surface area contributed by atoms with Crippen molar-refractivity contribution in [1.82, 2.24) is 5.43 Å². The van der Waals surface area contributed by atoms with Crippen LogP contribution in [0.2, 0.25) is 0 Å². The van der Waals surface area contributed by atoms with Crippen LogP contribution >= 0.6 is 15.9 Å². The van der Waals surface area contributed by atoms with Crippen molar-refractivity contribution in [3.05, 3.63) is 86.8 Å². The Morgan fingerprint density at radius 2 is 1.86 bits per heavy atom. The second kappa shape index (κ2) is 7.72. The van der Waals surface area contributed by atoms with Crippen LogP contribution in [0.5, 0.6) is 0 Å². The van der Waals surface area contributed by atoms with E-state index in [1.165, 1.54) is 30.5 Å². The van der Waals surface area contributed by atoms with Crippen molar-refractivity contribution >= 4 is 44.7 Å². The molecule has 2 aromatic heterocycles. The maximum Gasteiger partial charge on any atom is 0.307 e. The summed E-state index contributed by atoms with van der Waals surface area (Å²) in [5, 5.41) is 15.2. The average Bonchev–Trinajstić information content (AvgIpc) is 3.35. The Kier molecular flexibility index (Phi) is 4.96. The third kappa shape index (κ3) is 4.09. The Bertz CT molecular complexity index is 1240. The van der Waals surface area contributed by atoms with Crippen LogP contribution in [0.3, 0.4) is 0 Å². The molecule has 9 heteroatoms. The van der Waals surface area contributed by atoms with E-state index in [1.54, 1.807) is 12.1 Å². The lowest BCUT2D eigenvalue weighted by atomic mass is 10.2. The number of furan rings is 2. The summed E-state index contributed by atoms with van der Waals surface area (Å²) in [6, 6.07) is 16.7. The van der Waals surface area contributed by atoms with Gasteiger partial charge < -0.3 is 8.83 Å². The Hall–Kier alpha value is -3.72. The van der Waals surface area contributed by atoms with Gasteiger partial charge in [-0.1, -0.05) is 28.1 Å². The van der Waals surface area contributed by atoms with Gasteiger partial charge in [-0.25, -0.2) is 5.43 Å². The molecule has 0 unspecified atom stereocenters. The largest absolute Gasteiger partial charge is 0.455 e. The van der Waals surface area contributed by atoms with Gasteiger partial charge in [-0.3, -0.25) is 14.9 Å². The van der Waals surface area contributed by atoms with E-state index in [0.29, 0.717) is 22.5 Å². The number of nitro groups is 1. The highest BCUT2D eigenvalue weighted by molar-refractivity contribution is 9.10. The molecule has 2 aromatic carbocycles. The van der Waals surface area contributed by atoms with Gasteiger partial charge in [-0.2, -0.15) is 5.10 Å². The summed E-state index contributed by atoms with van der Waals surface area (Å²) in [6.45, 7) is 0. The lowest BCUT2D eigenvalue weighted by molar-refractivity contribution is -0.384. The summed E-state index contributed by atoms with van der Waals surface area (Å²) >= 11 is 3.38. The first-order valence-corrected chi connectivity index (χ1v) is 9.16. The molecule has 0 spiro atoms. The molecule has 8 nitrogen and oxygen atoms in total. The number of hydrogen-bond acceptors (Lipinski definition) is 6. The molecule has 1 N–H and O–H groups in total. The Morgan fingerprint density at radius 3 is 2.62 bits per heavy atom. The average molecular weight is 454 g/mol. The minimum atomic E-state index is -0.584. The molecule has 0 atom stereocenters. The number of rotatable bonds is 5. The second-order valence-electron chi connectivity index (χ2n) is 6.00. The molecule has 29 heavy (non-hydrogen) atoms. The van der Waals surface area contributed by atoms with E-state index in [1.807, 2.05) is 24.3 Å². The summed E-state index contributed by atoms with van der Waals surface area (Å²) in [5.74, 6) is 0.542. The molecule has 0 aliphatic rings. The van der Waals surface area contributed by atoms with Gasteiger partial charge in [0, 0.05) is 27.6 Å². The highest BCUT2D eigenvalue weighted by Gasteiger charge is 2.14. The number of hydrogen-bond donors (Lipinski definition) is 1. The lowest BCUT2D eigenvalue weighted by Gasteiger charge is -1.96. The van der Waals surface area contributed by atoms with E-state index in [0.717, 1.165) is 10.0 Å². The molecule has 0 bridgehead atoms. The molecule has 0 fully saturated rings. The van der Waals surface area contributed by atoms with Crippen molar-refractivity contribution in [3.63, 3.8) is 0 Å². The first-order valence-electron chi connectivity index (χ1n) is 8.37. The molecule has 0 saturated heterocycles. The number of hydrazone groups is 1. The zero-order valence-electron chi connectivity index (χ0n) is 14.7. The van der Waals surface area contributed by atoms with Gasteiger partial charge in [0.05, 0.1) is 11.1 Å². The summed E-state index contributed by atoms with van der Waals surface area (Å²) in [5.41, 5.74) is 3.54. The van der Waals surface area contributed by atoms with Gasteiger partial charge in [-0.05, 0) is 36.4 Å². The standard InChI is InChI=1S/C20H12BrN3O5/c21-14-3-1-12(2-4-14)17-8-6-16(28-17)11-22-23-20(25)19-10-13-9-15(24(26)27)5-7-18(13)29-19/h1-11H,(H,23,25)/b22-11+. The van der Waals surface area contributed by atoms with Crippen molar-refractivity contribution in [3.8, 4) is 11.3 Å². The van der Waals surface area contributed by atoms with Gasteiger partial charge in [0.25, 0.3) is 5.69 Å². The van der Waals surface area contributed by atoms with Crippen LogP contribution in [0, 0.1) is 10.1 Å². The van der Waals surface area contributed by atoms with E-state index in [2.05, 4.69) is 26.5 Å². The van der Waals surface area contributed by atoms with Crippen molar-refractivity contribution in [2.24, 2.45) is 5.10 Å². The number of nitrogens with one attached hydrogen (secondary N) is 1. The SMILES string of the molecule is O=C(N/N=C/c1ccc(-c2ccc(Br)cc2)o1)c1cc2cc([N+](=O)[O-])ccc2o1. The molecular weight excluding hydrogens is 442 g/mol. The van der Waals surface area contributed by atoms with Gasteiger partial charge in [0.15, 0.2) is 5.76 Å². The topological polar surface area (TPSA) is 111 Å². The summed E-state index contributed by atoms with van der Waals surface area (Å²) in [7, 11) is 0. The molecule has 0 radical (unpaired) electrons. The first-order chi connectivity index (χ1) is 14.0. The van der Waals surface area contributed by atoms with Crippen LogP contribution in [0.25, 0.3) is 22.3 Å². The zero-order chi connectivity index (χ0) is 20.4. The second-order valence-corrected chi connectivity index (χ2v) is 6.91. The number of halogens is 1. The molecule has 144 valence electrons. The number of nitrogens with zero attached hydrogens (tertiary/aromatic N) is 2. The fraction of sp³-hybridized carbons (Fsp3) is 0. The molecular formula is C20H12BrN3O5. The van der Waals surface area contributed by atoms with Crippen LogP contribution in [-0.4, -0.2) is 17.0 Å². The van der Waals surface area contributed by atoms with E-state index in [-0.39, 0.29) is 11.4 Å². The highest BCUT2D eigenvalue weighted by atomic mass is 79.9. The normalized spacial score (nSPS) is 11.2. The minimum Gasteiger partial charge on any atom is -0.455 e. The maximum absolute atomic E-state index is 12.2. The van der Waals surface area contributed by atoms with Crippen LogP contribution in [0.15, 0.2) is 79.1 Å². The molecule has 4 rings (SSSR count). The van der Waals surface area contributed by atoms with E-state index >= 15 is 0 Å². The number of fused-ring (bicyclic) bond motifs is 1.